The van der Waals surface area contributed by atoms with E-state index >= 15 is 0 Å². The minimum absolute atomic E-state index is 0.0389. The summed E-state index contributed by atoms with van der Waals surface area (Å²) in [4.78, 5) is 14.1. The van der Waals surface area contributed by atoms with Gasteiger partial charge in [-0.05, 0) is 31.0 Å². The number of benzene rings is 1. The van der Waals surface area contributed by atoms with Crippen molar-refractivity contribution in [2.45, 2.75) is 25.3 Å². The van der Waals surface area contributed by atoms with Gasteiger partial charge < -0.3 is 20.6 Å². The van der Waals surface area contributed by atoms with Gasteiger partial charge in [-0.3, -0.25) is 0 Å². The monoisotopic (exact) mass is 311 g/mol. The minimum Gasteiger partial charge on any atom is -0.396 e. The first-order valence-corrected chi connectivity index (χ1v) is 7.54. The molecule has 0 saturated heterocycles. The number of nitrogens with zero attached hydrogens (tertiary/aromatic N) is 1. The molecule has 0 bridgehead atoms. The second-order valence-corrected chi connectivity index (χ2v) is 6.07. The van der Waals surface area contributed by atoms with E-state index in [1.807, 2.05) is 25.1 Å². The van der Waals surface area contributed by atoms with Gasteiger partial charge in [0, 0.05) is 37.7 Å². The van der Waals surface area contributed by atoms with Gasteiger partial charge in [0.2, 0.25) is 0 Å². The van der Waals surface area contributed by atoms with Crippen LogP contribution in [0.1, 0.15) is 19.3 Å². The molecule has 21 heavy (non-hydrogen) atoms. The Kier molecular flexibility index (Phi) is 5.31. The van der Waals surface area contributed by atoms with Gasteiger partial charge in [-0.1, -0.05) is 18.0 Å². The highest BCUT2D eigenvalue weighted by Gasteiger charge is 2.28. The van der Waals surface area contributed by atoms with Crippen LogP contribution >= 0.6 is 11.6 Å². The van der Waals surface area contributed by atoms with Crippen LogP contribution in [0.2, 0.25) is 5.02 Å². The van der Waals surface area contributed by atoms with E-state index in [0.717, 1.165) is 24.9 Å². The lowest BCUT2D eigenvalue weighted by atomic mass is 10.1. The molecule has 2 amide bonds. The zero-order valence-electron chi connectivity index (χ0n) is 12.4. The summed E-state index contributed by atoms with van der Waals surface area (Å²) < 4.78 is 0. The maximum absolute atomic E-state index is 12.2. The second-order valence-electron chi connectivity index (χ2n) is 5.63. The van der Waals surface area contributed by atoms with Crippen LogP contribution < -0.4 is 15.5 Å². The number of halogens is 1. The van der Waals surface area contributed by atoms with Crippen molar-refractivity contribution in [2.75, 3.05) is 30.9 Å². The number of anilines is 2. The number of rotatable bonds is 4. The maximum atomic E-state index is 12.2. The highest BCUT2D eigenvalue weighted by molar-refractivity contribution is 6.31. The summed E-state index contributed by atoms with van der Waals surface area (Å²) >= 11 is 6.00. The van der Waals surface area contributed by atoms with Crippen LogP contribution in [-0.4, -0.2) is 37.9 Å². The number of aliphatic hydroxyl groups excluding tert-OH is 1. The van der Waals surface area contributed by atoms with Crippen molar-refractivity contribution in [3.8, 4) is 0 Å². The fourth-order valence-electron chi connectivity index (χ4n) is 2.77. The number of nitrogens with one attached hydrogen (secondary N) is 2. The molecule has 0 radical (unpaired) electrons. The molecule has 0 spiro atoms. The highest BCUT2D eigenvalue weighted by atomic mass is 35.5. The number of hydrogen-bond acceptors (Lipinski definition) is 3. The first-order valence-electron chi connectivity index (χ1n) is 7.16. The van der Waals surface area contributed by atoms with E-state index in [1.165, 1.54) is 0 Å². The van der Waals surface area contributed by atoms with Crippen molar-refractivity contribution in [2.24, 2.45) is 5.92 Å². The summed E-state index contributed by atoms with van der Waals surface area (Å²) in [5, 5.41) is 15.7. The fraction of sp³-hybridized carbons (Fsp3) is 0.533. The van der Waals surface area contributed by atoms with Crippen LogP contribution in [0.15, 0.2) is 18.2 Å². The van der Waals surface area contributed by atoms with Crippen molar-refractivity contribution in [3.63, 3.8) is 0 Å². The summed E-state index contributed by atoms with van der Waals surface area (Å²) in [5.41, 5.74) is 1.56. The zero-order chi connectivity index (χ0) is 15.4. The predicted molar refractivity (Wildman–Crippen MR) is 86.1 cm³/mol. The van der Waals surface area contributed by atoms with Crippen LogP contribution in [0.5, 0.6) is 0 Å². The molecule has 3 N–H and O–H groups in total. The lowest BCUT2D eigenvalue weighted by molar-refractivity contribution is 0.203. The van der Waals surface area contributed by atoms with E-state index in [2.05, 4.69) is 10.6 Å². The lowest BCUT2D eigenvalue weighted by Crippen LogP contribution is -2.41. The Bertz CT molecular complexity index is 508. The number of aliphatic hydroxyl groups is 1. The van der Waals surface area contributed by atoms with E-state index in [-0.39, 0.29) is 24.6 Å². The highest BCUT2D eigenvalue weighted by Crippen LogP contribution is 2.28. The molecule has 1 aliphatic carbocycles. The van der Waals surface area contributed by atoms with Crippen LogP contribution in [0.25, 0.3) is 0 Å². The summed E-state index contributed by atoms with van der Waals surface area (Å²) in [7, 11) is 3.82. The molecular formula is C15H22ClN3O2. The van der Waals surface area contributed by atoms with E-state index in [9.17, 15) is 9.90 Å². The summed E-state index contributed by atoms with van der Waals surface area (Å²) in [6.07, 6.45) is 2.91. The van der Waals surface area contributed by atoms with Gasteiger partial charge >= 0.3 is 6.03 Å². The topological polar surface area (TPSA) is 64.6 Å². The number of urea groups is 1. The van der Waals surface area contributed by atoms with Gasteiger partial charge in [-0.25, -0.2) is 4.79 Å². The molecule has 2 rings (SSSR count). The summed E-state index contributed by atoms with van der Waals surface area (Å²) in [6.45, 7) is 0.116. The molecule has 6 heteroatoms. The van der Waals surface area contributed by atoms with Crippen LogP contribution in [0.4, 0.5) is 16.2 Å². The van der Waals surface area contributed by atoms with Gasteiger partial charge in [0.05, 0.1) is 11.4 Å². The molecule has 0 unspecified atom stereocenters. The number of hydrogen-bond donors (Lipinski definition) is 3. The Balaban J connectivity index is 2.04. The Labute approximate surface area is 130 Å². The Morgan fingerprint density at radius 1 is 1.43 bits per heavy atom. The smallest absolute Gasteiger partial charge is 0.319 e. The van der Waals surface area contributed by atoms with Gasteiger partial charge in [0.15, 0.2) is 0 Å². The lowest BCUT2D eigenvalue weighted by Gasteiger charge is -2.22. The molecule has 5 nitrogen and oxygen atoms in total. The largest absolute Gasteiger partial charge is 0.396 e. The quantitative estimate of drug-likeness (QED) is 0.801. The van der Waals surface area contributed by atoms with Gasteiger partial charge in [-0.2, -0.15) is 0 Å². The molecule has 116 valence electrons. The van der Waals surface area contributed by atoms with E-state index < -0.39 is 0 Å². The molecule has 1 aromatic carbocycles. The Hall–Kier alpha value is -1.46. The third kappa shape index (κ3) is 4.02. The average molecular weight is 312 g/mol. The predicted octanol–water partition coefficient (Wildman–Crippen LogP) is 2.69. The fourth-order valence-corrected chi connectivity index (χ4v) is 2.94. The van der Waals surface area contributed by atoms with Crippen molar-refractivity contribution in [1.82, 2.24) is 5.32 Å². The van der Waals surface area contributed by atoms with Crippen molar-refractivity contribution >= 4 is 29.0 Å². The van der Waals surface area contributed by atoms with E-state index in [0.29, 0.717) is 10.7 Å². The molecule has 1 aromatic rings. The first kappa shape index (κ1) is 15.9. The third-order valence-corrected chi connectivity index (χ3v) is 4.13. The van der Waals surface area contributed by atoms with Crippen LogP contribution in [0.3, 0.4) is 0 Å². The molecule has 1 saturated carbocycles. The standard InChI is InChI=1S/C15H22ClN3O2/c1-19(2)14-7-6-11(16)8-13(14)18-15(21)17-12-5-3-4-10(12)9-20/h6-8,10,12,20H,3-5,9H2,1-2H3,(H2,17,18,21)/t10-,12-/m1/s1. The van der Waals surface area contributed by atoms with Crippen molar-refractivity contribution < 1.29 is 9.90 Å². The minimum atomic E-state index is -0.259. The normalized spacial score (nSPS) is 21.1. The summed E-state index contributed by atoms with van der Waals surface area (Å²) in [5.74, 6) is 0.156. The summed E-state index contributed by atoms with van der Waals surface area (Å²) in [6, 6.07) is 5.17. The van der Waals surface area contributed by atoms with Crippen molar-refractivity contribution in [3.05, 3.63) is 23.2 Å². The SMILES string of the molecule is CN(C)c1ccc(Cl)cc1NC(=O)N[C@@H]1CCC[C@@H]1CO. The molecule has 0 aliphatic heterocycles. The maximum Gasteiger partial charge on any atom is 0.319 e. The van der Waals surface area contributed by atoms with Crippen molar-refractivity contribution in [1.29, 1.82) is 0 Å². The van der Waals surface area contributed by atoms with Gasteiger partial charge in [0.1, 0.15) is 0 Å². The Morgan fingerprint density at radius 3 is 2.86 bits per heavy atom. The first-order chi connectivity index (χ1) is 10.0. The van der Waals surface area contributed by atoms with E-state index in [4.69, 9.17) is 11.6 Å². The van der Waals surface area contributed by atoms with Gasteiger partial charge in [0.25, 0.3) is 0 Å². The third-order valence-electron chi connectivity index (χ3n) is 3.90. The zero-order valence-corrected chi connectivity index (χ0v) is 13.2. The van der Waals surface area contributed by atoms with E-state index in [1.54, 1.807) is 12.1 Å². The number of carbonyl (C=O) groups is 1. The molecule has 0 heterocycles. The number of amides is 2. The number of carbonyl (C=O) groups excluding carboxylic acids is 1. The average Bonchev–Trinajstić information content (AvgIpc) is 2.85. The van der Waals surface area contributed by atoms with Gasteiger partial charge in [-0.15, -0.1) is 0 Å². The Morgan fingerprint density at radius 2 is 2.19 bits per heavy atom. The molecule has 1 aliphatic rings. The second kappa shape index (κ2) is 7.00. The molecular weight excluding hydrogens is 290 g/mol. The molecule has 0 aromatic heterocycles. The molecule has 1 fully saturated rings. The van der Waals surface area contributed by atoms with Crippen LogP contribution in [-0.2, 0) is 0 Å². The van der Waals surface area contributed by atoms with Crippen LogP contribution in [0, 0.1) is 5.92 Å². The molecule has 2 atom stereocenters.